The minimum atomic E-state index is -0.243. The first-order chi connectivity index (χ1) is 19.6. The van der Waals surface area contributed by atoms with Crippen LogP contribution in [0.15, 0.2) is 66.7 Å². The molecule has 2 heterocycles. The second kappa shape index (κ2) is 12.9. The summed E-state index contributed by atoms with van der Waals surface area (Å²) in [7, 11) is 0. The predicted molar refractivity (Wildman–Crippen MR) is 156 cm³/mol. The lowest BCUT2D eigenvalue weighted by atomic mass is 9.96. The van der Waals surface area contributed by atoms with Gasteiger partial charge >= 0.3 is 0 Å². The highest BCUT2D eigenvalue weighted by atomic mass is 19.1. The standard InChI is InChI=1S/C32H37FN4O3/c1-3-39-29-13-12-23(21-30(29)40-4-2)14-17-34-31(38)25-15-18-36(19-16-25)32-35-27-10-5-6-11-28(27)37(32)22-24-8-7-9-26(33)20-24/h5-13,20-21,25H,3-4,14-19,22H2,1-2H3,(H,34,38). The number of imidazole rings is 1. The second-order valence-corrected chi connectivity index (χ2v) is 10.1. The number of benzene rings is 3. The Kier molecular flexibility index (Phi) is 8.84. The van der Waals surface area contributed by atoms with E-state index >= 15 is 0 Å². The highest BCUT2D eigenvalue weighted by Gasteiger charge is 2.27. The lowest BCUT2D eigenvalue weighted by Crippen LogP contribution is -2.42. The molecule has 1 aliphatic heterocycles. The Bertz CT molecular complexity index is 1450. The highest BCUT2D eigenvalue weighted by molar-refractivity contribution is 5.80. The van der Waals surface area contributed by atoms with Crippen LogP contribution < -0.4 is 19.7 Å². The van der Waals surface area contributed by atoms with Crippen LogP contribution in [0.25, 0.3) is 11.0 Å². The molecule has 5 rings (SSSR count). The van der Waals surface area contributed by atoms with Crippen LogP contribution >= 0.6 is 0 Å². The zero-order chi connectivity index (χ0) is 27.9. The first-order valence-electron chi connectivity index (χ1n) is 14.2. The number of fused-ring (bicyclic) bond motifs is 1. The van der Waals surface area contributed by atoms with Crippen LogP contribution in [0.2, 0.25) is 0 Å². The fourth-order valence-corrected chi connectivity index (χ4v) is 5.35. The van der Waals surface area contributed by atoms with E-state index in [1.54, 1.807) is 12.1 Å². The molecule has 40 heavy (non-hydrogen) atoms. The van der Waals surface area contributed by atoms with Gasteiger partial charge in [-0.25, -0.2) is 9.37 Å². The second-order valence-electron chi connectivity index (χ2n) is 10.1. The first kappa shape index (κ1) is 27.5. The molecule has 0 spiro atoms. The van der Waals surface area contributed by atoms with E-state index in [-0.39, 0.29) is 17.6 Å². The molecular weight excluding hydrogens is 507 g/mol. The quantitative estimate of drug-likeness (QED) is 0.266. The number of hydrogen-bond acceptors (Lipinski definition) is 5. The fraction of sp³-hybridized carbons (Fsp3) is 0.375. The van der Waals surface area contributed by atoms with E-state index in [1.165, 1.54) is 6.07 Å². The molecule has 0 saturated carbocycles. The molecule has 1 aromatic heterocycles. The largest absolute Gasteiger partial charge is 0.490 e. The molecule has 3 aromatic carbocycles. The number of anilines is 1. The van der Waals surface area contributed by atoms with E-state index < -0.39 is 0 Å². The van der Waals surface area contributed by atoms with Crippen molar-refractivity contribution in [2.75, 3.05) is 37.7 Å². The molecule has 1 saturated heterocycles. The van der Waals surface area contributed by atoms with Crippen LogP contribution in [-0.2, 0) is 17.8 Å². The van der Waals surface area contributed by atoms with Crippen LogP contribution in [0.1, 0.15) is 37.8 Å². The summed E-state index contributed by atoms with van der Waals surface area (Å²) in [6.07, 6.45) is 2.24. The molecule has 0 bridgehead atoms. The number of nitrogens with zero attached hydrogens (tertiary/aromatic N) is 3. The van der Waals surface area contributed by atoms with Gasteiger partial charge in [0.1, 0.15) is 5.82 Å². The molecule has 210 valence electrons. The molecule has 4 aromatic rings. The number of carbonyl (C=O) groups excluding carboxylic acids is 1. The van der Waals surface area contributed by atoms with Crippen molar-refractivity contribution in [2.45, 2.75) is 39.7 Å². The van der Waals surface area contributed by atoms with Crippen molar-refractivity contribution in [1.29, 1.82) is 0 Å². The Morgan fingerprint density at radius 2 is 1.73 bits per heavy atom. The van der Waals surface area contributed by atoms with E-state index in [2.05, 4.69) is 14.8 Å². The highest BCUT2D eigenvalue weighted by Crippen LogP contribution is 2.30. The monoisotopic (exact) mass is 544 g/mol. The SMILES string of the molecule is CCOc1ccc(CCNC(=O)C2CCN(c3nc4ccccc4n3Cc3cccc(F)c3)CC2)cc1OCC. The average molecular weight is 545 g/mol. The molecule has 1 N–H and O–H groups in total. The summed E-state index contributed by atoms with van der Waals surface area (Å²) in [6, 6.07) is 20.7. The maximum atomic E-state index is 13.9. The first-order valence-corrected chi connectivity index (χ1v) is 14.2. The third-order valence-corrected chi connectivity index (χ3v) is 7.33. The summed E-state index contributed by atoms with van der Waals surface area (Å²) < 4.78 is 27.4. The third-order valence-electron chi connectivity index (χ3n) is 7.33. The van der Waals surface area contributed by atoms with Gasteiger partial charge in [0.05, 0.1) is 30.8 Å². The Morgan fingerprint density at radius 1 is 0.950 bits per heavy atom. The molecule has 0 unspecified atom stereocenters. The number of nitrogens with one attached hydrogen (secondary N) is 1. The summed E-state index contributed by atoms with van der Waals surface area (Å²) in [5.74, 6) is 2.18. The van der Waals surface area contributed by atoms with Crippen molar-refractivity contribution >= 4 is 22.9 Å². The van der Waals surface area contributed by atoms with Crippen LogP contribution in [-0.4, -0.2) is 48.3 Å². The van der Waals surface area contributed by atoms with Gasteiger partial charge in [-0.3, -0.25) is 4.79 Å². The van der Waals surface area contributed by atoms with E-state index in [9.17, 15) is 9.18 Å². The lowest BCUT2D eigenvalue weighted by Gasteiger charge is -2.32. The number of piperidine rings is 1. The Balaban J connectivity index is 1.19. The van der Waals surface area contributed by atoms with Crippen molar-refractivity contribution in [1.82, 2.24) is 14.9 Å². The third kappa shape index (κ3) is 6.38. The zero-order valence-corrected chi connectivity index (χ0v) is 23.2. The van der Waals surface area contributed by atoms with Crippen LogP contribution in [0, 0.1) is 11.7 Å². The molecule has 1 fully saturated rings. The number of carbonyl (C=O) groups is 1. The number of amides is 1. The average Bonchev–Trinajstić information content (AvgIpc) is 3.33. The summed E-state index contributed by atoms with van der Waals surface area (Å²) in [5, 5.41) is 3.13. The van der Waals surface area contributed by atoms with E-state index in [0.717, 1.165) is 72.0 Å². The Hall–Kier alpha value is -4.07. The predicted octanol–water partition coefficient (Wildman–Crippen LogP) is 5.60. The molecule has 0 atom stereocenters. The van der Waals surface area contributed by atoms with E-state index in [4.69, 9.17) is 14.5 Å². The van der Waals surface area contributed by atoms with Gasteiger partial charge in [-0.05, 0) is 80.6 Å². The summed E-state index contributed by atoms with van der Waals surface area (Å²) >= 11 is 0. The van der Waals surface area contributed by atoms with Crippen LogP contribution in [0.4, 0.5) is 10.3 Å². The van der Waals surface area contributed by atoms with E-state index in [0.29, 0.717) is 26.3 Å². The maximum Gasteiger partial charge on any atom is 0.223 e. The van der Waals surface area contributed by atoms with Gasteiger partial charge in [0, 0.05) is 25.6 Å². The van der Waals surface area contributed by atoms with Crippen molar-refractivity contribution in [2.24, 2.45) is 5.92 Å². The molecule has 1 amide bonds. The van der Waals surface area contributed by atoms with Gasteiger partial charge in [-0.15, -0.1) is 0 Å². The summed E-state index contributed by atoms with van der Waals surface area (Å²) in [5.41, 5.74) is 3.91. The molecule has 1 aliphatic rings. The normalized spacial score (nSPS) is 13.9. The fourth-order valence-electron chi connectivity index (χ4n) is 5.35. The van der Waals surface area contributed by atoms with Crippen LogP contribution in [0.5, 0.6) is 11.5 Å². The molecule has 7 nitrogen and oxygen atoms in total. The zero-order valence-electron chi connectivity index (χ0n) is 23.2. The van der Waals surface area contributed by atoms with E-state index in [1.807, 2.05) is 62.4 Å². The van der Waals surface area contributed by atoms with Crippen molar-refractivity contribution < 1.29 is 18.7 Å². The number of rotatable bonds is 11. The van der Waals surface area contributed by atoms with Crippen LogP contribution in [0.3, 0.4) is 0 Å². The number of halogens is 1. The Morgan fingerprint density at radius 3 is 2.50 bits per heavy atom. The molecule has 0 radical (unpaired) electrons. The van der Waals surface area contributed by atoms with Gasteiger partial charge in [-0.1, -0.05) is 30.3 Å². The van der Waals surface area contributed by atoms with Gasteiger partial charge in [0.2, 0.25) is 11.9 Å². The van der Waals surface area contributed by atoms with Crippen molar-refractivity contribution in [3.05, 3.63) is 83.7 Å². The number of ether oxygens (including phenoxy) is 2. The molecule has 0 aliphatic carbocycles. The number of para-hydroxylation sites is 2. The summed E-state index contributed by atoms with van der Waals surface area (Å²) in [4.78, 5) is 20.2. The summed E-state index contributed by atoms with van der Waals surface area (Å²) in [6.45, 7) is 7.63. The van der Waals surface area contributed by atoms with Crippen molar-refractivity contribution in [3.8, 4) is 11.5 Å². The topological polar surface area (TPSA) is 68.6 Å². The smallest absolute Gasteiger partial charge is 0.223 e. The van der Waals surface area contributed by atoms with Crippen molar-refractivity contribution in [3.63, 3.8) is 0 Å². The van der Waals surface area contributed by atoms with Gasteiger partial charge < -0.3 is 24.3 Å². The molecular formula is C32H37FN4O3. The minimum absolute atomic E-state index is 0.0309. The number of hydrogen-bond donors (Lipinski definition) is 1. The number of aromatic nitrogens is 2. The van der Waals surface area contributed by atoms with Gasteiger partial charge in [-0.2, -0.15) is 0 Å². The lowest BCUT2D eigenvalue weighted by molar-refractivity contribution is -0.125. The molecule has 8 heteroatoms. The minimum Gasteiger partial charge on any atom is -0.490 e. The van der Waals surface area contributed by atoms with Gasteiger partial charge in [0.15, 0.2) is 11.5 Å². The maximum absolute atomic E-state index is 13.9. The Labute approximate surface area is 234 Å². The van der Waals surface area contributed by atoms with Gasteiger partial charge in [0.25, 0.3) is 0 Å².